The molecule has 0 bridgehead atoms. The van der Waals surface area contributed by atoms with Crippen LogP contribution in [0.1, 0.15) is 46.5 Å². The van der Waals surface area contributed by atoms with Crippen molar-refractivity contribution in [1.29, 1.82) is 0 Å². The van der Waals surface area contributed by atoms with Gasteiger partial charge in [-0.2, -0.15) is 0 Å². The van der Waals surface area contributed by atoms with Gasteiger partial charge in [0.15, 0.2) is 0 Å². The Hall–Kier alpha value is -0.810. The molecule has 0 aromatic heterocycles. The minimum Gasteiger partial charge on any atom is -0.444 e. The molecule has 1 amide bonds. The van der Waals surface area contributed by atoms with Gasteiger partial charge in [-0.05, 0) is 46.5 Å². The number of nitrogens with zero attached hydrogens (tertiary/aromatic N) is 1. The minimum absolute atomic E-state index is 0.150. The summed E-state index contributed by atoms with van der Waals surface area (Å²) in [6, 6.07) is 0. The number of ether oxygens (including phenoxy) is 2. The molecule has 2 atom stereocenters. The molecule has 2 aliphatic heterocycles. The highest BCUT2D eigenvalue weighted by Crippen LogP contribution is 2.32. The van der Waals surface area contributed by atoms with E-state index in [0.717, 1.165) is 45.3 Å². The second-order valence-corrected chi connectivity index (χ2v) is 7.04. The zero-order chi connectivity index (χ0) is 14.8. The summed E-state index contributed by atoms with van der Waals surface area (Å²) in [5, 5.41) is 3.62. The third-order valence-corrected chi connectivity index (χ3v) is 4.25. The van der Waals surface area contributed by atoms with E-state index in [4.69, 9.17) is 9.47 Å². The highest BCUT2D eigenvalue weighted by atomic mass is 16.6. The lowest BCUT2D eigenvalue weighted by molar-refractivity contribution is 0.0253. The van der Waals surface area contributed by atoms with Gasteiger partial charge < -0.3 is 19.7 Å². The summed E-state index contributed by atoms with van der Waals surface area (Å²) >= 11 is 0. The van der Waals surface area contributed by atoms with Gasteiger partial charge in [0, 0.05) is 32.3 Å². The van der Waals surface area contributed by atoms with Crippen LogP contribution in [-0.4, -0.2) is 55.0 Å². The van der Waals surface area contributed by atoms with Gasteiger partial charge in [0.25, 0.3) is 0 Å². The van der Waals surface area contributed by atoms with Crippen molar-refractivity contribution in [3.8, 4) is 0 Å². The Bertz CT molecular complexity index is 354. The number of methoxy groups -OCH3 is 1. The molecule has 0 aromatic carbocycles. The second-order valence-electron chi connectivity index (χ2n) is 7.04. The molecule has 2 rings (SSSR count). The molecule has 5 nitrogen and oxygen atoms in total. The molecule has 0 aromatic rings. The molecular weight excluding hydrogens is 256 g/mol. The van der Waals surface area contributed by atoms with Crippen LogP contribution in [0.5, 0.6) is 0 Å². The van der Waals surface area contributed by atoms with E-state index in [-0.39, 0.29) is 11.6 Å². The molecule has 20 heavy (non-hydrogen) atoms. The Morgan fingerprint density at radius 3 is 2.65 bits per heavy atom. The predicted molar refractivity (Wildman–Crippen MR) is 77.8 cm³/mol. The number of hydrogen-bond acceptors (Lipinski definition) is 4. The highest BCUT2D eigenvalue weighted by Gasteiger charge is 2.40. The number of rotatable bonds is 1. The Kier molecular flexibility index (Phi) is 4.59. The maximum Gasteiger partial charge on any atom is 0.410 e. The van der Waals surface area contributed by atoms with Crippen LogP contribution in [0.3, 0.4) is 0 Å². The topological polar surface area (TPSA) is 50.8 Å². The van der Waals surface area contributed by atoms with Crippen LogP contribution in [0.4, 0.5) is 4.79 Å². The first-order chi connectivity index (χ1) is 9.34. The van der Waals surface area contributed by atoms with Gasteiger partial charge in [0.2, 0.25) is 0 Å². The largest absolute Gasteiger partial charge is 0.444 e. The third-order valence-electron chi connectivity index (χ3n) is 4.25. The minimum atomic E-state index is -0.423. The average molecular weight is 284 g/mol. The molecule has 116 valence electrons. The van der Waals surface area contributed by atoms with E-state index in [9.17, 15) is 4.79 Å². The summed E-state index contributed by atoms with van der Waals surface area (Å²) in [7, 11) is 1.77. The van der Waals surface area contributed by atoms with Crippen molar-refractivity contribution in [2.75, 3.05) is 26.7 Å². The zero-order valence-corrected chi connectivity index (χ0v) is 13.2. The lowest BCUT2D eigenvalue weighted by Gasteiger charge is -2.29. The third kappa shape index (κ3) is 3.85. The Morgan fingerprint density at radius 1 is 1.30 bits per heavy atom. The molecule has 2 fully saturated rings. The second kappa shape index (κ2) is 5.90. The van der Waals surface area contributed by atoms with Crippen LogP contribution < -0.4 is 5.32 Å². The summed E-state index contributed by atoms with van der Waals surface area (Å²) in [6.07, 6.45) is 4.27. The normalized spacial score (nSPS) is 31.4. The standard InChI is InChI=1S/C15H28N2O3/c1-14(2,3)20-13(18)17-8-5-6-15(7-9-17)10-12(19-4)11-16-15/h12,16H,5-11H2,1-4H3. The van der Waals surface area contributed by atoms with Crippen molar-refractivity contribution in [3.05, 3.63) is 0 Å². The van der Waals surface area contributed by atoms with E-state index in [1.807, 2.05) is 25.7 Å². The Balaban J connectivity index is 1.91. The molecule has 2 aliphatic rings. The molecule has 0 aliphatic carbocycles. The molecule has 1 spiro atoms. The SMILES string of the molecule is COC1CNC2(CCCN(C(=O)OC(C)(C)C)CC2)C1. The van der Waals surface area contributed by atoms with Crippen LogP contribution in [0.2, 0.25) is 0 Å². The average Bonchev–Trinajstić information content (AvgIpc) is 2.62. The molecular formula is C15H28N2O3. The van der Waals surface area contributed by atoms with Crippen LogP contribution in [0.25, 0.3) is 0 Å². The number of amides is 1. The van der Waals surface area contributed by atoms with Crippen LogP contribution in [-0.2, 0) is 9.47 Å². The van der Waals surface area contributed by atoms with Crippen molar-refractivity contribution >= 4 is 6.09 Å². The van der Waals surface area contributed by atoms with Crippen LogP contribution >= 0.6 is 0 Å². The summed E-state index contributed by atoms with van der Waals surface area (Å²) in [5.41, 5.74) is -0.273. The van der Waals surface area contributed by atoms with Gasteiger partial charge in [-0.15, -0.1) is 0 Å². The number of carbonyl (C=O) groups is 1. The van der Waals surface area contributed by atoms with E-state index < -0.39 is 5.60 Å². The highest BCUT2D eigenvalue weighted by molar-refractivity contribution is 5.68. The molecule has 0 saturated carbocycles. The predicted octanol–water partition coefficient (Wildman–Crippen LogP) is 2.15. The monoisotopic (exact) mass is 284 g/mol. The summed E-state index contributed by atoms with van der Waals surface area (Å²) in [6.45, 7) is 8.20. The molecule has 5 heteroatoms. The molecule has 0 radical (unpaired) electrons. The van der Waals surface area contributed by atoms with Crippen LogP contribution in [0.15, 0.2) is 0 Å². The van der Waals surface area contributed by atoms with Gasteiger partial charge in [-0.25, -0.2) is 4.79 Å². The van der Waals surface area contributed by atoms with Crippen molar-refractivity contribution in [3.63, 3.8) is 0 Å². The van der Waals surface area contributed by atoms with E-state index in [1.54, 1.807) is 7.11 Å². The lowest BCUT2D eigenvalue weighted by Crippen LogP contribution is -2.42. The summed E-state index contributed by atoms with van der Waals surface area (Å²) in [5.74, 6) is 0. The van der Waals surface area contributed by atoms with Gasteiger partial charge in [-0.3, -0.25) is 0 Å². The van der Waals surface area contributed by atoms with E-state index in [0.29, 0.717) is 6.10 Å². The molecule has 1 N–H and O–H groups in total. The Morgan fingerprint density at radius 2 is 2.05 bits per heavy atom. The molecule has 2 saturated heterocycles. The van der Waals surface area contributed by atoms with Crippen molar-refractivity contribution in [2.45, 2.75) is 63.7 Å². The Labute approximate surface area is 122 Å². The number of hydrogen-bond donors (Lipinski definition) is 1. The van der Waals surface area contributed by atoms with Gasteiger partial charge in [-0.1, -0.05) is 0 Å². The van der Waals surface area contributed by atoms with Crippen molar-refractivity contribution in [2.24, 2.45) is 0 Å². The summed E-state index contributed by atoms with van der Waals surface area (Å²) < 4.78 is 10.9. The number of nitrogens with one attached hydrogen (secondary N) is 1. The van der Waals surface area contributed by atoms with Crippen LogP contribution in [0, 0.1) is 0 Å². The van der Waals surface area contributed by atoms with Gasteiger partial charge >= 0.3 is 6.09 Å². The van der Waals surface area contributed by atoms with Crippen molar-refractivity contribution in [1.82, 2.24) is 10.2 Å². The lowest BCUT2D eigenvalue weighted by atomic mass is 9.88. The zero-order valence-electron chi connectivity index (χ0n) is 13.2. The van der Waals surface area contributed by atoms with E-state index >= 15 is 0 Å². The molecule has 2 heterocycles. The first kappa shape index (κ1) is 15.6. The maximum atomic E-state index is 12.1. The first-order valence-electron chi connectivity index (χ1n) is 7.59. The maximum absolute atomic E-state index is 12.1. The fraction of sp³-hybridized carbons (Fsp3) is 0.933. The smallest absolute Gasteiger partial charge is 0.410 e. The number of likely N-dealkylation sites (tertiary alicyclic amines) is 1. The van der Waals surface area contributed by atoms with E-state index in [2.05, 4.69) is 5.32 Å². The fourth-order valence-corrected chi connectivity index (χ4v) is 3.16. The molecule has 2 unspecified atom stereocenters. The quantitative estimate of drug-likeness (QED) is 0.801. The first-order valence-corrected chi connectivity index (χ1v) is 7.59. The van der Waals surface area contributed by atoms with Gasteiger partial charge in [0.05, 0.1) is 6.10 Å². The van der Waals surface area contributed by atoms with Crippen molar-refractivity contribution < 1.29 is 14.3 Å². The summed E-state index contributed by atoms with van der Waals surface area (Å²) in [4.78, 5) is 14.0. The van der Waals surface area contributed by atoms with Gasteiger partial charge in [0.1, 0.15) is 5.60 Å². The fourth-order valence-electron chi connectivity index (χ4n) is 3.16. The number of carbonyl (C=O) groups excluding carboxylic acids is 1. The van der Waals surface area contributed by atoms with E-state index in [1.165, 1.54) is 0 Å².